The van der Waals surface area contributed by atoms with Gasteiger partial charge in [0.15, 0.2) is 6.10 Å². The van der Waals surface area contributed by atoms with Gasteiger partial charge in [0.25, 0.3) is 0 Å². The van der Waals surface area contributed by atoms with Crippen molar-refractivity contribution in [2.75, 3.05) is 13.2 Å². The number of unbranched alkanes of at least 4 members (excludes halogenated alkanes) is 41. The predicted molar refractivity (Wildman–Crippen MR) is 371 cm³/mol. The molecule has 0 aromatic heterocycles. The zero-order chi connectivity index (χ0) is 60.5. The molecule has 0 aliphatic heterocycles. The summed E-state index contributed by atoms with van der Waals surface area (Å²) in [6.07, 6.45) is 107. The van der Waals surface area contributed by atoms with E-state index >= 15 is 0 Å². The molecule has 0 heterocycles. The number of esters is 2. The van der Waals surface area contributed by atoms with Gasteiger partial charge in [-0.1, -0.05) is 354 Å². The Morgan fingerprint density at radius 1 is 0.286 bits per heavy atom. The van der Waals surface area contributed by atoms with Gasteiger partial charge in [-0.15, -0.1) is 0 Å². The van der Waals surface area contributed by atoms with Gasteiger partial charge in [0, 0.05) is 12.8 Å². The average molecular weight is 1170 g/mol. The molecule has 0 aliphatic rings. The number of hydrogen-bond donors (Lipinski definition) is 1. The number of carbonyl (C=O) groups is 2. The number of hydrogen-bond acceptors (Lipinski definition) is 5. The summed E-state index contributed by atoms with van der Waals surface area (Å²) in [7, 11) is 0. The number of aliphatic hydroxyl groups excluding tert-OH is 1. The second-order valence-corrected chi connectivity index (χ2v) is 24.3. The number of allylic oxidation sites excluding steroid dienone is 18. The molecule has 0 spiro atoms. The van der Waals surface area contributed by atoms with Crippen LogP contribution in [-0.2, 0) is 19.1 Å². The standard InChI is InChI=1S/C79H138O5/c1-3-5-7-9-11-13-15-17-19-21-23-25-27-29-31-33-35-36-37-38-39-40-41-42-44-46-48-50-52-54-56-58-60-62-64-66-68-70-72-74-79(82)84-77(75-80)76-83-78(81)73-71-69-67-65-63-61-59-57-55-53-51-49-47-45-43-34-32-30-28-26-24-22-20-18-16-14-12-10-8-6-4-2/h5,7,11,13,16-19,22-25,28-31,35-36,77,80H,3-4,6,8-10,12,14-15,20-21,26-27,32-34,37-76H2,1-2H3/b7-5-,13-11-,18-16-,19-17-,24-22-,25-23-,30-28-,31-29-,36-35-. The van der Waals surface area contributed by atoms with E-state index in [9.17, 15) is 14.7 Å². The average Bonchev–Trinajstić information content (AvgIpc) is 3.51. The highest BCUT2D eigenvalue weighted by atomic mass is 16.6. The molecular weight excluding hydrogens is 1030 g/mol. The molecule has 1 atom stereocenters. The number of ether oxygens (including phenoxy) is 2. The molecule has 0 aliphatic carbocycles. The Hall–Kier alpha value is -3.44. The van der Waals surface area contributed by atoms with Gasteiger partial charge in [0.05, 0.1) is 6.61 Å². The summed E-state index contributed by atoms with van der Waals surface area (Å²) in [6, 6.07) is 0. The maximum absolute atomic E-state index is 12.4. The Morgan fingerprint density at radius 2 is 0.512 bits per heavy atom. The second kappa shape index (κ2) is 73.8. The van der Waals surface area contributed by atoms with E-state index in [-0.39, 0.29) is 25.2 Å². The van der Waals surface area contributed by atoms with Crippen molar-refractivity contribution in [1.29, 1.82) is 0 Å². The highest BCUT2D eigenvalue weighted by Crippen LogP contribution is 2.18. The van der Waals surface area contributed by atoms with Gasteiger partial charge in [0.1, 0.15) is 6.61 Å². The first-order valence-corrected chi connectivity index (χ1v) is 36.4. The van der Waals surface area contributed by atoms with E-state index in [0.29, 0.717) is 12.8 Å². The van der Waals surface area contributed by atoms with E-state index < -0.39 is 6.10 Å². The molecule has 5 nitrogen and oxygen atoms in total. The van der Waals surface area contributed by atoms with Crippen molar-refractivity contribution in [3.05, 3.63) is 109 Å². The van der Waals surface area contributed by atoms with Crippen LogP contribution >= 0.6 is 0 Å². The Bertz CT molecular complexity index is 1610. The predicted octanol–water partition coefficient (Wildman–Crippen LogP) is 25.5. The highest BCUT2D eigenvalue weighted by molar-refractivity contribution is 5.70. The Kier molecular flexibility index (Phi) is 70.8. The monoisotopic (exact) mass is 1170 g/mol. The molecule has 0 aromatic rings. The molecule has 0 bridgehead atoms. The molecule has 0 saturated heterocycles. The second-order valence-electron chi connectivity index (χ2n) is 24.3. The van der Waals surface area contributed by atoms with Crippen molar-refractivity contribution in [2.45, 2.75) is 367 Å². The van der Waals surface area contributed by atoms with E-state index in [1.807, 2.05) is 0 Å². The van der Waals surface area contributed by atoms with Crippen LogP contribution in [-0.4, -0.2) is 36.4 Å². The molecule has 84 heavy (non-hydrogen) atoms. The Labute approximate surface area is 522 Å². The van der Waals surface area contributed by atoms with Gasteiger partial charge in [-0.05, 0) is 103 Å². The lowest BCUT2D eigenvalue weighted by atomic mass is 10.0. The van der Waals surface area contributed by atoms with E-state index in [4.69, 9.17) is 9.47 Å². The van der Waals surface area contributed by atoms with Gasteiger partial charge in [0.2, 0.25) is 0 Å². The van der Waals surface area contributed by atoms with E-state index in [0.717, 1.165) is 89.9 Å². The van der Waals surface area contributed by atoms with Crippen LogP contribution in [0.5, 0.6) is 0 Å². The fraction of sp³-hybridized carbons (Fsp3) is 0.747. The van der Waals surface area contributed by atoms with Crippen LogP contribution < -0.4 is 0 Å². The van der Waals surface area contributed by atoms with Crippen LogP contribution in [0, 0.1) is 0 Å². The summed E-state index contributed by atoms with van der Waals surface area (Å²) >= 11 is 0. The minimum Gasteiger partial charge on any atom is -0.462 e. The Balaban J connectivity index is 3.44. The molecule has 0 fully saturated rings. The summed E-state index contributed by atoms with van der Waals surface area (Å²) in [5, 5.41) is 9.71. The third-order valence-corrected chi connectivity index (χ3v) is 16.1. The quantitative estimate of drug-likeness (QED) is 0.0373. The zero-order valence-electron chi connectivity index (χ0n) is 55.6. The molecule has 0 amide bonds. The molecule has 484 valence electrons. The SMILES string of the molecule is CC/C=C\C/C=C\C/C=C\C/C=C\C/C=C\C/C=C\CCCCCCCCCCCCCCCCCCCCCCC(=O)OC(CO)COC(=O)CCCCCCCCCCCCCCCCCC/C=C\C/C=C\C/C=C\CCCCCCC. The summed E-state index contributed by atoms with van der Waals surface area (Å²) in [6.45, 7) is 4.05. The normalized spacial score (nSPS) is 12.8. The summed E-state index contributed by atoms with van der Waals surface area (Å²) in [4.78, 5) is 24.7. The van der Waals surface area contributed by atoms with E-state index in [2.05, 4.69) is 123 Å². The number of rotatable bonds is 67. The van der Waals surface area contributed by atoms with E-state index in [1.54, 1.807) is 0 Å². The van der Waals surface area contributed by atoms with Gasteiger partial charge in [-0.2, -0.15) is 0 Å². The topological polar surface area (TPSA) is 72.8 Å². The molecule has 1 N–H and O–H groups in total. The minimum absolute atomic E-state index is 0.0651. The van der Waals surface area contributed by atoms with Crippen LogP contribution in [0.25, 0.3) is 0 Å². The molecule has 5 heteroatoms. The molecule has 0 saturated carbocycles. The Morgan fingerprint density at radius 3 is 0.774 bits per heavy atom. The lowest BCUT2D eigenvalue weighted by molar-refractivity contribution is -0.161. The number of carbonyl (C=O) groups excluding carboxylic acids is 2. The van der Waals surface area contributed by atoms with Gasteiger partial charge < -0.3 is 14.6 Å². The lowest BCUT2D eigenvalue weighted by Gasteiger charge is -2.15. The molecular formula is C79H138O5. The lowest BCUT2D eigenvalue weighted by Crippen LogP contribution is -2.28. The molecule has 0 aromatic carbocycles. The van der Waals surface area contributed by atoms with Crippen molar-refractivity contribution in [2.24, 2.45) is 0 Å². The summed E-state index contributed by atoms with van der Waals surface area (Å²) in [5.74, 6) is -0.576. The van der Waals surface area contributed by atoms with Crippen molar-refractivity contribution >= 4 is 11.9 Å². The first-order valence-electron chi connectivity index (χ1n) is 36.4. The number of aliphatic hydroxyl groups is 1. The van der Waals surface area contributed by atoms with Gasteiger partial charge >= 0.3 is 11.9 Å². The molecule has 0 radical (unpaired) electrons. The fourth-order valence-corrected chi connectivity index (χ4v) is 10.6. The third-order valence-electron chi connectivity index (χ3n) is 16.1. The van der Waals surface area contributed by atoms with Crippen molar-refractivity contribution in [3.8, 4) is 0 Å². The molecule has 1 unspecified atom stereocenters. The maximum atomic E-state index is 12.4. The van der Waals surface area contributed by atoms with Crippen LogP contribution in [0.1, 0.15) is 361 Å². The van der Waals surface area contributed by atoms with Crippen LogP contribution in [0.4, 0.5) is 0 Å². The summed E-state index contributed by atoms with van der Waals surface area (Å²) in [5.41, 5.74) is 0. The minimum atomic E-state index is -0.776. The molecule has 0 rings (SSSR count). The first-order chi connectivity index (χ1) is 41.6. The highest BCUT2D eigenvalue weighted by Gasteiger charge is 2.16. The van der Waals surface area contributed by atoms with Crippen molar-refractivity contribution < 1.29 is 24.2 Å². The van der Waals surface area contributed by atoms with Crippen LogP contribution in [0.15, 0.2) is 109 Å². The van der Waals surface area contributed by atoms with Crippen LogP contribution in [0.2, 0.25) is 0 Å². The first kappa shape index (κ1) is 80.6. The van der Waals surface area contributed by atoms with Crippen LogP contribution in [0.3, 0.4) is 0 Å². The largest absolute Gasteiger partial charge is 0.462 e. The van der Waals surface area contributed by atoms with Crippen molar-refractivity contribution in [1.82, 2.24) is 0 Å². The maximum Gasteiger partial charge on any atom is 0.306 e. The van der Waals surface area contributed by atoms with Gasteiger partial charge in [-0.3, -0.25) is 9.59 Å². The third kappa shape index (κ3) is 71.0. The smallest absolute Gasteiger partial charge is 0.306 e. The van der Waals surface area contributed by atoms with E-state index in [1.165, 1.54) is 244 Å². The fourth-order valence-electron chi connectivity index (χ4n) is 10.6. The van der Waals surface area contributed by atoms with Gasteiger partial charge in [-0.25, -0.2) is 0 Å². The summed E-state index contributed by atoms with van der Waals surface area (Å²) < 4.78 is 10.8. The van der Waals surface area contributed by atoms with Crippen molar-refractivity contribution in [3.63, 3.8) is 0 Å². The zero-order valence-corrected chi connectivity index (χ0v) is 55.6.